The monoisotopic (exact) mass is 869 g/mol. The fourth-order valence-electron chi connectivity index (χ4n) is 7.77. The maximum Gasteiger partial charge on any atom is 0.259 e. The molecule has 1 amide bonds. The zero-order chi connectivity index (χ0) is 44.5. The maximum atomic E-state index is 13.6. The molecule has 0 spiro atoms. The largest absolute Gasteiger partial charge is 0.497 e. The van der Waals surface area contributed by atoms with Gasteiger partial charge in [-0.15, -0.1) is 0 Å². The van der Waals surface area contributed by atoms with E-state index in [2.05, 4.69) is 68.5 Å². The summed E-state index contributed by atoms with van der Waals surface area (Å²) in [5.74, 6) is 1.23. The summed E-state index contributed by atoms with van der Waals surface area (Å²) in [6, 6.07) is 35.0. The lowest BCUT2D eigenvalue weighted by atomic mass is 9.80. The number of ether oxygens (including phenoxy) is 6. The minimum Gasteiger partial charge on any atom is -0.497 e. The van der Waals surface area contributed by atoms with E-state index >= 15 is 0 Å². The second-order valence-electron chi connectivity index (χ2n) is 15.8. The number of nitrogens with one attached hydrogen (secondary N) is 1. The van der Waals surface area contributed by atoms with E-state index < -0.39 is 26.5 Å². The molecule has 1 heterocycles. The molecule has 1 fully saturated rings. The lowest BCUT2D eigenvalue weighted by molar-refractivity contribution is -0.248. The smallest absolute Gasteiger partial charge is 0.259 e. The summed E-state index contributed by atoms with van der Waals surface area (Å²) >= 11 is 0. The fourth-order valence-corrected chi connectivity index (χ4v) is 9.33. The summed E-state index contributed by atoms with van der Waals surface area (Å²) in [4.78, 5) is 17.0. The highest BCUT2D eigenvalue weighted by atomic mass is 31.2. The molecular formula is C49H64N3O9P. The Morgan fingerprint density at radius 1 is 0.742 bits per heavy atom. The maximum absolute atomic E-state index is 13.6. The Balaban J connectivity index is 1.33. The number of amides is 1. The van der Waals surface area contributed by atoms with Crippen LogP contribution in [-0.4, -0.2) is 102 Å². The molecule has 1 N–H and O–H groups in total. The molecule has 0 bridgehead atoms. The molecule has 6 atom stereocenters. The standard InChI is InChI=1S/C49H64N3O9P/c1-35(2)52(36(3)4)62(59-29-28-50-7)60-33-30-56-34-45-37(5)38(6)46(51-47(53)39-16-12-10-13-17-39)48(61-45)57-31-32-58-49(40-18-14-11-15-19-40,41-20-24-43(54-8)25-21-41)42-22-26-44(55-9)27-23-42/h10-27,35-38,45-46,48H,28-34H2,1-6,8-9H3,(H,51,53). The fraction of sp³-hybridized carbons (Fsp3) is 0.469. The predicted molar refractivity (Wildman–Crippen MR) is 242 cm³/mol. The van der Waals surface area contributed by atoms with Crippen LogP contribution in [-0.2, 0) is 33.6 Å². The molecule has 4 aromatic carbocycles. The van der Waals surface area contributed by atoms with E-state index in [1.807, 2.05) is 84.9 Å². The predicted octanol–water partition coefficient (Wildman–Crippen LogP) is 9.14. The summed E-state index contributed by atoms with van der Waals surface area (Å²) < 4.78 is 52.1. The number of carbonyl (C=O) groups is 1. The summed E-state index contributed by atoms with van der Waals surface area (Å²) in [5, 5.41) is 3.23. The highest BCUT2D eigenvalue weighted by molar-refractivity contribution is 7.44. The first-order valence-electron chi connectivity index (χ1n) is 21.4. The van der Waals surface area contributed by atoms with Crippen molar-refractivity contribution in [3.8, 4) is 11.5 Å². The topological polar surface area (TPSA) is 111 Å². The molecule has 334 valence electrons. The van der Waals surface area contributed by atoms with Crippen molar-refractivity contribution in [1.82, 2.24) is 9.99 Å². The van der Waals surface area contributed by atoms with Gasteiger partial charge in [0.1, 0.15) is 23.7 Å². The van der Waals surface area contributed by atoms with Crippen LogP contribution in [0.5, 0.6) is 11.5 Å². The normalized spacial score (nSPS) is 19.6. The second-order valence-corrected chi connectivity index (χ2v) is 17.2. The summed E-state index contributed by atoms with van der Waals surface area (Å²) in [6.45, 7) is 21.7. The van der Waals surface area contributed by atoms with Crippen molar-refractivity contribution in [3.63, 3.8) is 0 Å². The molecule has 1 aliphatic rings. The van der Waals surface area contributed by atoms with Crippen LogP contribution in [0.25, 0.3) is 4.85 Å². The van der Waals surface area contributed by atoms with Crippen molar-refractivity contribution >= 4 is 14.4 Å². The van der Waals surface area contributed by atoms with Crippen LogP contribution in [0.4, 0.5) is 0 Å². The van der Waals surface area contributed by atoms with Gasteiger partial charge in [-0.05, 0) is 92.6 Å². The van der Waals surface area contributed by atoms with Gasteiger partial charge < -0.3 is 47.6 Å². The molecule has 1 aliphatic heterocycles. The van der Waals surface area contributed by atoms with Gasteiger partial charge in [-0.2, -0.15) is 0 Å². The number of hydrogen-bond acceptors (Lipinski definition) is 10. The first-order chi connectivity index (χ1) is 30.0. The van der Waals surface area contributed by atoms with E-state index in [0.29, 0.717) is 32.0 Å². The molecule has 62 heavy (non-hydrogen) atoms. The summed E-state index contributed by atoms with van der Waals surface area (Å²) in [7, 11) is 1.92. The van der Waals surface area contributed by atoms with E-state index in [1.54, 1.807) is 26.4 Å². The Labute approximate surface area is 369 Å². The Morgan fingerprint density at radius 3 is 1.84 bits per heavy atom. The average Bonchev–Trinajstić information content (AvgIpc) is 3.29. The lowest BCUT2D eigenvalue weighted by Gasteiger charge is -2.45. The third-order valence-corrected chi connectivity index (χ3v) is 13.2. The minimum atomic E-state index is -1.37. The van der Waals surface area contributed by atoms with E-state index in [-0.39, 0.29) is 55.7 Å². The molecular weight excluding hydrogens is 806 g/mol. The number of methoxy groups -OCH3 is 2. The van der Waals surface area contributed by atoms with Crippen molar-refractivity contribution in [2.24, 2.45) is 11.8 Å². The molecule has 0 aliphatic carbocycles. The van der Waals surface area contributed by atoms with Gasteiger partial charge in [-0.3, -0.25) is 4.79 Å². The van der Waals surface area contributed by atoms with Crippen LogP contribution < -0.4 is 14.8 Å². The van der Waals surface area contributed by atoms with Crippen molar-refractivity contribution in [3.05, 3.63) is 143 Å². The van der Waals surface area contributed by atoms with Gasteiger partial charge in [0.2, 0.25) is 6.54 Å². The van der Waals surface area contributed by atoms with Crippen LogP contribution in [0.1, 0.15) is 68.6 Å². The van der Waals surface area contributed by atoms with E-state index in [9.17, 15) is 4.79 Å². The van der Waals surface area contributed by atoms with E-state index in [4.69, 9.17) is 44.0 Å². The molecule has 0 aromatic heterocycles. The number of carbonyl (C=O) groups excluding carboxylic acids is 1. The number of benzene rings is 4. The first kappa shape index (κ1) is 48.6. The quantitative estimate of drug-likeness (QED) is 0.0317. The molecule has 6 unspecified atom stereocenters. The summed E-state index contributed by atoms with van der Waals surface area (Å²) in [6.07, 6.45) is -1.13. The molecule has 13 heteroatoms. The number of rotatable bonds is 24. The molecule has 1 saturated heterocycles. The van der Waals surface area contributed by atoms with Gasteiger partial charge in [0, 0.05) is 17.6 Å². The third kappa shape index (κ3) is 12.6. The van der Waals surface area contributed by atoms with Gasteiger partial charge in [0.15, 0.2) is 6.29 Å². The summed E-state index contributed by atoms with van der Waals surface area (Å²) in [5.41, 5.74) is 2.27. The first-order valence-corrected chi connectivity index (χ1v) is 22.5. The Bertz CT molecular complexity index is 1890. The molecule has 4 aromatic rings. The SMILES string of the molecule is [C-]#[N+]CCOP(OCCOCC1OC(OCCOC(c2ccccc2)(c2ccc(OC)cc2)c2ccc(OC)cc2)C(NC(=O)c2ccccc2)C(C)C1C)N(C(C)C)C(C)C. The van der Waals surface area contributed by atoms with Gasteiger partial charge in [-0.1, -0.05) is 86.6 Å². The Morgan fingerprint density at radius 2 is 1.29 bits per heavy atom. The van der Waals surface area contributed by atoms with E-state index in [1.165, 1.54) is 0 Å². The minimum absolute atomic E-state index is 0.00965. The molecule has 0 saturated carbocycles. The average molecular weight is 870 g/mol. The number of nitrogens with zero attached hydrogens (tertiary/aromatic N) is 2. The zero-order valence-electron chi connectivity index (χ0n) is 37.4. The Kier molecular flexibility index (Phi) is 19.2. The molecule has 5 rings (SSSR count). The third-order valence-electron chi connectivity index (χ3n) is 11.1. The van der Waals surface area contributed by atoms with E-state index in [0.717, 1.165) is 28.2 Å². The van der Waals surface area contributed by atoms with Crippen LogP contribution in [0.2, 0.25) is 0 Å². The highest BCUT2D eigenvalue weighted by Crippen LogP contribution is 2.46. The zero-order valence-corrected chi connectivity index (χ0v) is 38.3. The Hall–Kier alpha value is -4.41. The van der Waals surface area contributed by atoms with Gasteiger partial charge in [0.05, 0.1) is 59.4 Å². The van der Waals surface area contributed by atoms with Crippen molar-refractivity contribution < 1.29 is 42.3 Å². The van der Waals surface area contributed by atoms with Crippen molar-refractivity contribution in [2.45, 2.75) is 77.7 Å². The van der Waals surface area contributed by atoms with Gasteiger partial charge >= 0.3 is 0 Å². The van der Waals surface area contributed by atoms with Crippen LogP contribution in [0, 0.1) is 18.4 Å². The van der Waals surface area contributed by atoms with Crippen molar-refractivity contribution in [1.29, 1.82) is 0 Å². The van der Waals surface area contributed by atoms with Crippen LogP contribution in [0.15, 0.2) is 109 Å². The second kappa shape index (κ2) is 24.4. The van der Waals surface area contributed by atoms with Gasteiger partial charge in [0.25, 0.3) is 14.4 Å². The lowest BCUT2D eigenvalue weighted by Crippen LogP contribution is -2.58. The van der Waals surface area contributed by atoms with Gasteiger partial charge in [-0.25, -0.2) is 11.2 Å². The van der Waals surface area contributed by atoms with Crippen LogP contribution >= 0.6 is 8.53 Å². The van der Waals surface area contributed by atoms with Crippen LogP contribution in [0.3, 0.4) is 0 Å². The molecule has 0 radical (unpaired) electrons. The number of hydrogen-bond donors (Lipinski definition) is 1. The van der Waals surface area contributed by atoms with Crippen molar-refractivity contribution in [2.75, 3.05) is 60.4 Å². The highest BCUT2D eigenvalue weighted by Gasteiger charge is 2.44. The molecule has 12 nitrogen and oxygen atoms in total.